The van der Waals surface area contributed by atoms with E-state index in [-0.39, 0.29) is 22.2 Å². The summed E-state index contributed by atoms with van der Waals surface area (Å²) in [5, 5.41) is 12.6. The van der Waals surface area contributed by atoms with Gasteiger partial charge in [-0.1, -0.05) is 28.3 Å². The third-order valence-electron chi connectivity index (χ3n) is 1.70. The molecule has 15 heavy (non-hydrogen) atoms. The zero-order valence-corrected chi connectivity index (χ0v) is 8.87. The van der Waals surface area contributed by atoms with Gasteiger partial charge in [0.15, 0.2) is 0 Å². The summed E-state index contributed by atoms with van der Waals surface area (Å²) < 4.78 is 13.4. The summed E-state index contributed by atoms with van der Waals surface area (Å²) >= 11 is 11.2. The van der Waals surface area contributed by atoms with Crippen molar-refractivity contribution in [2.24, 2.45) is 5.11 Å². The Kier molecular flexibility index (Phi) is 4.17. The van der Waals surface area contributed by atoms with E-state index in [9.17, 15) is 9.50 Å². The van der Waals surface area contributed by atoms with Crippen molar-refractivity contribution < 1.29 is 9.50 Å². The van der Waals surface area contributed by atoms with Gasteiger partial charge in [0.2, 0.25) is 0 Å². The highest BCUT2D eigenvalue weighted by atomic mass is 35.5. The highest BCUT2D eigenvalue weighted by Gasteiger charge is 2.15. The SMILES string of the molecule is [N-]=[N+]=NC[C@H](O)c1cc(Cl)cc(Cl)c1F. The maximum absolute atomic E-state index is 13.4. The molecule has 0 saturated heterocycles. The van der Waals surface area contributed by atoms with Gasteiger partial charge >= 0.3 is 0 Å². The third-order valence-corrected chi connectivity index (χ3v) is 2.19. The minimum Gasteiger partial charge on any atom is -0.388 e. The van der Waals surface area contributed by atoms with E-state index in [2.05, 4.69) is 10.0 Å². The van der Waals surface area contributed by atoms with Gasteiger partial charge in [-0.05, 0) is 17.7 Å². The molecule has 0 bridgehead atoms. The van der Waals surface area contributed by atoms with E-state index >= 15 is 0 Å². The largest absolute Gasteiger partial charge is 0.388 e. The predicted octanol–water partition coefficient (Wildman–Crippen LogP) is 3.48. The van der Waals surface area contributed by atoms with E-state index in [1.54, 1.807) is 0 Å². The Morgan fingerprint density at radius 3 is 2.80 bits per heavy atom. The Bertz CT molecular complexity index is 421. The van der Waals surface area contributed by atoms with Crippen LogP contribution in [-0.4, -0.2) is 11.7 Å². The van der Waals surface area contributed by atoms with Gasteiger partial charge in [0.25, 0.3) is 0 Å². The predicted molar refractivity (Wildman–Crippen MR) is 55.4 cm³/mol. The van der Waals surface area contributed by atoms with Crippen LogP contribution in [-0.2, 0) is 0 Å². The number of benzene rings is 1. The summed E-state index contributed by atoms with van der Waals surface area (Å²) in [7, 11) is 0. The number of rotatable bonds is 3. The highest BCUT2D eigenvalue weighted by molar-refractivity contribution is 6.34. The lowest BCUT2D eigenvalue weighted by Crippen LogP contribution is -2.04. The smallest absolute Gasteiger partial charge is 0.147 e. The number of aliphatic hydroxyl groups is 1. The fourth-order valence-electron chi connectivity index (χ4n) is 1.03. The molecular weight excluding hydrogens is 244 g/mol. The molecule has 0 unspecified atom stereocenters. The molecule has 1 atom stereocenters. The standard InChI is InChI=1S/C8H6Cl2FN3O/c9-4-1-5(7(15)3-13-14-12)8(11)6(10)2-4/h1-2,7,15H,3H2/t7-/m0/s1. The minimum atomic E-state index is -1.25. The Balaban J connectivity index is 3.07. The maximum atomic E-state index is 13.4. The first kappa shape index (κ1) is 12.1. The molecule has 0 aliphatic rings. The van der Waals surface area contributed by atoms with E-state index in [1.807, 2.05) is 0 Å². The van der Waals surface area contributed by atoms with Gasteiger partial charge < -0.3 is 5.11 Å². The van der Waals surface area contributed by atoms with Gasteiger partial charge in [0.05, 0.1) is 17.7 Å². The summed E-state index contributed by atoms with van der Waals surface area (Å²) in [6, 6.07) is 2.46. The van der Waals surface area contributed by atoms with Crippen molar-refractivity contribution in [2.75, 3.05) is 6.54 Å². The first-order valence-corrected chi connectivity index (χ1v) is 4.65. The molecule has 7 heteroatoms. The molecule has 0 amide bonds. The Hall–Kier alpha value is -1.00. The number of aliphatic hydroxyl groups excluding tert-OH is 1. The van der Waals surface area contributed by atoms with Crippen molar-refractivity contribution in [3.63, 3.8) is 0 Å². The molecule has 80 valence electrons. The van der Waals surface area contributed by atoms with Crippen LogP contribution in [0.4, 0.5) is 4.39 Å². The molecule has 1 aromatic carbocycles. The molecule has 1 rings (SSSR count). The molecule has 0 fully saturated rings. The molecule has 0 aromatic heterocycles. The second-order valence-corrected chi connectivity index (χ2v) is 3.56. The van der Waals surface area contributed by atoms with Crippen molar-refractivity contribution in [1.29, 1.82) is 0 Å². The monoisotopic (exact) mass is 249 g/mol. The number of nitrogens with zero attached hydrogens (tertiary/aromatic N) is 3. The van der Waals surface area contributed by atoms with Gasteiger partial charge in [-0.15, -0.1) is 0 Å². The lowest BCUT2D eigenvalue weighted by atomic mass is 10.1. The summed E-state index contributed by atoms with van der Waals surface area (Å²) in [5.74, 6) is -0.762. The number of hydrogen-bond donors (Lipinski definition) is 1. The van der Waals surface area contributed by atoms with Gasteiger partial charge in [0.1, 0.15) is 5.82 Å². The maximum Gasteiger partial charge on any atom is 0.147 e. The van der Waals surface area contributed by atoms with Gasteiger partial charge in [-0.3, -0.25) is 0 Å². The van der Waals surface area contributed by atoms with Crippen LogP contribution in [0.1, 0.15) is 11.7 Å². The van der Waals surface area contributed by atoms with E-state index in [0.717, 1.165) is 0 Å². The van der Waals surface area contributed by atoms with Crippen LogP contribution in [0.25, 0.3) is 10.4 Å². The van der Waals surface area contributed by atoms with Crippen LogP contribution in [0.5, 0.6) is 0 Å². The fraction of sp³-hybridized carbons (Fsp3) is 0.250. The van der Waals surface area contributed by atoms with Crippen LogP contribution < -0.4 is 0 Å². The molecule has 0 radical (unpaired) electrons. The van der Waals surface area contributed by atoms with Gasteiger partial charge in [-0.25, -0.2) is 4.39 Å². The zero-order valence-electron chi connectivity index (χ0n) is 7.36. The van der Waals surface area contributed by atoms with Crippen LogP contribution >= 0.6 is 23.2 Å². The van der Waals surface area contributed by atoms with E-state index in [4.69, 9.17) is 28.7 Å². The van der Waals surface area contributed by atoms with Crippen molar-refractivity contribution in [1.82, 2.24) is 0 Å². The van der Waals surface area contributed by atoms with Gasteiger partial charge in [-0.2, -0.15) is 0 Å². The molecule has 0 aliphatic heterocycles. The molecule has 1 aromatic rings. The Morgan fingerprint density at radius 2 is 2.20 bits per heavy atom. The topological polar surface area (TPSA) is 69.0 Å². The lowest BCUT2D eigenvalue weighted by Gasteiger charge is -2.10. The molecular formula is C8H6Cl2FN3O. The van der Waals surface area contributed by atoms with Crippen LogP contribution in [0.15, 0.2) is 17.2 Å². The molecule has 1 N–H and O–H groups in total. The molecule has 0 spiro atoms. The highest BCUT2D eigenvalue weighted by Crippen LogP contribution is 2.28. The fourth-order valence-corrected chi connectivity index (χ4v) is 1.54. The molecule has 0 aliphatic carbocycles. The summed E-state index contributed by atoms with van der Waals surface area (Å²) in [6.45, 7) is -0.274. The second kappa shape index (κ2) is 5.19. The summed E-state index contributed by atoms with van der Waals surface area (Å²) in [5.41, 5.74) is 7.96. The summed E-state index contributed by atoms with van der Waals surface area (Å²) in [6.07, 6.45) is -1.25. The van der Waals surface area contributed by atoms with E-state index < -0.39 is 11.9 Å². The number of azide groups is 1. The quantitative estimate of drug-likeness (QED) is 0.379. The first-order chi connectivity index (χ1) is 7.06. The second-order valence-electron chi connectivity index (χ2n) is 2.72. The normalized spacial score (nSPS) is 12.0. The van der Waals surface area contributed by atoms with Crippen LogP contribution in [0.3, 0.4) is 0 Å². The lowest BCUT2D eigenvalue weighted by molar-refractivity contribution is 0.182. The van der Waals surface area contributed by atoms with E-state index in [0.29, 0.717) is 0 Å². The Morgan fingerprint density at radius 1 is 1.53 bits per heavy atom. The average Bonchev–Trinajstić information content (AvgIpc) is 2.19. The molecule has 0 saturated carbocycles. The van der Waals surface area contributed by atoms with Crippen LogP contribution in [0.2, 0.25) is 10.0 Å². The Labute approximate surface area is 94.9 Å². The third kappa shape index (κ3) is 2.97. The van der Waals surface area contributed by atoms with Gasteiger partial charge in [0, 0.05) is 15.5 Å². The minimum absolute atomic E-state index is 0.0834. The first-order valence-electron chi connectivity index (χ1n) is 3.89. The molecule has 0 heterocycles. The average molecular weight is 250 g/mol. The van der Waals surface area contributed by atoms with Crippen molar-refractivity contribution in [3.8, 4) is 0 Å². The van der Waals surface area contributed by atoms with E-state index in [1.165, 1.54) is 12.1 Å². The van der Waals surface area contributed by atoms with Crippen molar-refractivity contribution in [3.05, 3.63) is 44.0 Å². The van der Waals surface area contributed by atoms with Crippen molar-refractivity contribution in [2.45, 2.75) is 6.10 Å². The van der Waals surface area contributed by atoms with Crippen molar-refractivity contribution >= 4 is 23.2 Å². The summed E-state index contributed by atoms with van der Waals surface area (Å²) in [4.78, 5) is 2.45. The number of hydrogen-bond acceptors (Lipinski definition) is 2. The zero-order chi connectivity index (χ0) is 11.4. The molecule has 4 nitrogen and oxygen atoms in total. The van der Waals surface area contributed by atoms with Crippen LogP contribution in [0, 0.1) is 5.82 Å². The number of halogens is 3.